The van der Waals surface area contributed by atoms with Gasteiger partial charge >= 0.3 is 0 Å². The molecule has 1 amide bonds. The summed E-state index contributed by atoms with van der Waals surface area (Å²) in [5.41, 5.74) is 0.474. The first-order valence-corrected chi connectivity index (χ1v) is 8.01. The summed E-state index contributed by atoms with van der Waals surface area (Å²) in [5, 5.41) is 3.50. The second kappa shape index (κ2) is 7.03. The molecule has 2 N–H and O–H groups in total. The number of nitrogens with zero attached hydrogens (tertiary/aromatic N) is 1. The Kier molecular flexibility index (Phi) is 4.85. The number of hydrogen-bond acceptors (Lipinski definition) is 3. The van der Waals surface area contributed by atoms with E-state index in [2.05, 4.69) is 15.2 Å². The molecule has 2 aromatic heterocycles. The molecule has 3 heterocycles. The number of hydrogen-bond donors (Lipinski definition) is 2. The lowest BCUT2D eigenvalue weighted by atomic mass is 10.1. The fraction of sp³-hybridized carbons (Fsp3) is 0.438. The van der Waals surface area contributed by atoms with E-state index in [1.165, 1.54) is 19.3 Å². The Morgan fingerprint density at radius 3 is 2.86 bits per heavy atom. The van der Waals surface area contributed by atoms with Crippen LogP contribution < -0.4 is 5.32 Å². The summed E-state index contributed by atoms with van der Waals surface area (Å²) in [5.74, 6) is 0.743. The van der Waals surface area contributed by atoms with Gasteiger partial charge in [-0.15, -0.1) is 0 Å². The van der Waals surface area contributed by atoms with Crippen molar-refractivity contribution in [2.75, 3.05) is 19.6 Å². The van der Waals surface area contributed by atoms with Gasteiger partial charge in [0.25, 0.3) is 5.91 Å². The maximum absolute atomic E-state index is 12.2. The number of aromatic nitrogens is 1. The van der Waals surface area contributed by atoms with Gasteiger partial charge in [-0.1, -0.05) is 18.0 Å². The summed E-state index contributed by atoms with van der Waals surface area (Å²) >= 11 is 5.84. The summed E-state index contributed by atoms with van der Waals surface area (Å²) in [6.07, 6.45) is 6.94. The van der Waals surface area contributed by atoms with Gasteiger partial charge in [0.2, 0.25) is 0 Å². The van der Waals surface area contributed by atoms with Gasteiger partial charge in [0, 0.05) is 12.7 Å². The van der Waals surface area contributed by atoms with E-state index in [0.717, 1.165) is 18.8 Å². The van der Waals surface area contributed by atoms with Crippen molar-refractivity contribution >= 4 is 17.5 Å². The fourth-order valence-corrected chi connectivity index (χ4v) is 3.07. The van der Waals surface area contributed by atoms with Crippen molar-refractivity contribution in [1.82, 2.24) is 15.2 Å². The average molecular weight is 322 g/mol. The second-order valence-corrected chi connectivity index (χ2v) is 6.01. The SMILES string of the molecule is O=C(NCC(c1ccco1)N1CCCCC1)c1cc(Cl)c[nH]1. The molecule has 0 spiro atoms. The highest BCUT2D eigenvalue weighted by Crippen LogP contribution is 2.24. The molecule has 0 aliphatic carbocycles. The number of halogens is 1. The third-order valence-corrected chi connectivity index (χ3v) is 4.27. The largest absolute Gasteiger partial charge is 0.468 e. The third kappa shape index (κ3) is 3.54. The minimum atomic E-state index is -0.152. The van der Waals surface area contributed by atoms with Gasteiger partial charge in [0.05, 0.1) is 17.3 Å². The molecule has 2 aromatic rings. The van der Waals surface area contributed by atoms with Crippen LogP contribution in [0.5, 0.6) is 0 Å². The number of carbonyl (C=O) groups is 1. The highest BCUT2D eigenvalue weighted by molar-refractivity contribution is 6.30. The van der Waals surface area contributed by atoms with E-state index in [4.69, 9.17) is 16.0 Å². The maximum Gasteiger partial charge on any atom is 0.267 e. The Bertz CT molecular complexity index is 603. The van der Waals surface area contributed by atoms with Gasteiger partial charge in [-0.3, -0.25) is 9.69 Å². The molecule has 0 bridgehead atoms. The van der Waals surface area contributed by atoms with Crippen molar-refractivity contribution in [3.8, 4) is 0 Å². The number of aromatic amines is 1. The Morgan fingerprint density at radius 2 is 2.23 bits per heavy atom. The minimum absolute atomic E-state index is 0.0738. The van der Waals surface area contributed by atoms with Crippen LogP contribution in [0.3, 0.4) is 0 Å². The number of nitrogens with one attached hydrogen (secondary N) is 2. The van der Waals surface area contributed by atoms with Crippen LogP contribution in [-0.4, -0.2) is 35.4 Å². The first-order chi connectivity index (χ1) is 10.7. The van der Waals surface area contributed by atoms with Crippen LogP contribution in [-0.2, 0) is 0 Å². The van der Waals surface area contributed by atoms with Gasteiger partial charge in [0.15, 0.2) is 0 Å². The van der Waals surface area contributed by atoms with E-state index < -0.39 is 0 Å². The summed E-state index contributed by atoms with van der Waals surface area (Å²) in [6.45, 7) is 2.59. The van der Waals surface area contributed by atoms with Gasteiger partial charge in [-0.25, -0.2) is 0 Å². The molecule has 1 atom stereocenters. The molecular weight excluding hydrogens is 302 g/mol. The molecule has 0 saturated carbocycles. The number of likely N-dealkylation sites (tertiary alicyclic amines) is 1. The summed E-state index contributed by atoms with van der Waals surface area (Å²) in [6, 6.07) is 5.56. The first-order valence-electron chi connectivity index (χ1n) is 7.63. The topological polar surface area (TPSA) is 61.3 Å². The predicted molar refractivity (Wildman–Crippen MR) is 85.0 cm³/mol. The Hall–Kier alpha value is -1.72. The van der Waals surface area contributed by atoms with Gasteiger partial charge in [0.1, 0.15) is 11.5 Å². The zero-order valence-corrected chi connectivity index (χ0v) is 13.1. The van der Waals surface area contributed by atoms with E-state index >= 15 is 0 Å². The fourth-order valence-electron chi connectivity index (χ4n) is 2.90. The average Bonchev–Trinajstić information content (AvgIpc) is 3.20. The van der Waals surface area contributed by atoms with Gasteiger partial charge in [-0.05, 0) is 44.1 Å². The molecule has 118 valence electrons. The Labute approximate surface area is 134 Å². The molecule has 22 heavy (non-hydrogen) atoms. The highest BCUT2D eigenvalue weighted by Gasteiger charge is 2.25. The van der Waals surface area contributed by atoms with Crippen molar-refractivity contribution in [3.63, 3.8) is 0 Å². The van der Waals surface area contributed by atoms with Crippen molar-refractivity contribution in [3.05, 3.63) is 47.1 Å². The number of H-pyrrole nitrogens is 1. The van der Waals surface area contributed by atoms with Crippen LogP contribution in [0.1, 0.15) is 41.6 Å². The molecular formula is C16H20ClN3O2. The van der Waals surface area contributed by atoms with Crippen molar-refractivity contribution in [2.45, 2.75) is 25.3 Å². The Morgan fingerprint density at radius 1 is 1.41 bits per heavy atom. The quantitative estimate of drug-likeness (QED) is 0.889. The molecule has 6 heteroatoms. The lowest BCUT2D eigenvalue weighted by Crippen LogP contribution is -2.40. The van der Waals surface area contributed by atoms with Crippen LogP contribution in [0.2, 0.25) is 5.02 Å². The monoisotopic (exact) mass is 321 g/mol. The zero-order chi connectivity index (χ0) is 15.4. The number of carbonyl (C=O) groups excluding carboxylic acids is 1. The van der Waals surface area contributed by atoms with E-state index in [9.17, 15) is 4.79 Å². The summed E-state index contributed by atoms with van der Waals surface area (Å²) < 4.78 is 5.57. The molecule has 0 aromatic carbocycles. The zero-order valence-electron chi connectivity index (χ0n) is 12.3. The molecule has 3 rings (SSSR count). The predicted octanol–water partition coefficient (Wildman–Crippen LogP) is 3.22. The van der Waals surface area contributed by atoms with Crippen molar-refractivity contribution < 1.29 is 9.21 Å². The third-order valence-electron chi connectivity index (χ3n) is 4.05. The Balaban J connectivity index is 1.66. The lowest BCUT2D eigenvalue weighted by Gasteiger charge is -2.33. The van der Waals surface area contributed by atoms with Crippen LogP contribution in [0, 0.1) is 0 Å². The lowest BCUT2D eigenvalue weighted by molar-refractivity contribution is 0.0910. The molecule has 1 fully saturated rings. The standard InChI is InChI=1S/C16H20ClN3O2/c17-12-9-13(18-10-12)16(21)19-11-14(15-5-4-8-22-15)20-6-2-1-3-7-20/h4-5,8-10,14,18H,1-3,6-7,11H2,(H,19,21). The number of piperidine rings is 1. The van der Waals surface area contributed by atoms with E-state index in [-0.39, 0.29) is 11.9 Å². The van der Waals surface area contributed by atoms with Crippen LogP contribution in [0.25, 0.3) is 0 Å². The van der Waals surface area contributed by atoms with Crippen molar-refractivity contribution in [2.24, 2.45) is 0 Å². The molecule has 1 unspecified atom stereocenters. The van der Waals surface area contributed by atoms with Crippen LogP contribution in [0.4, 0.5) is 0 Å². The smallest absolute Gasteiger partial charge is 0.267 e. The molecule has 1 aliphatic heterocycles. The molecule has 5 nitrogen and oxygen atoms in total. The van der Waals surface area contributed by atoms with E-state index in [0.29, 0.717) is 17.3 Å². The molecule has 1 aliphatic rings. The van der Waals surface area contributed by atoms with Gasteiger partial charge < -0.3 is 14.7 Å². The number of furan rings is 1. The molecule has 0 radical (unpaired) electrons. The van der Waals surface area contributed by atoms with Gasteiger partial charge in [-0.2, -0.15) is 0 Å². The number of rotatable bonds is 5. The van der Waals surface area contributed by atoms with Crippen LogP contribution in [0.15, 0.2) is 35.1 Å². The highest BCUT2D eigenvalue weighted by atomic mass is 35.5. The normalized spacial score (nSPS) is 17.3. The van der Waals surface area contributed by atoms with E-state index in [1.54, 1.807) is 18.5 Å². The second-order valence-electron chi connectivity index (χ2n) is 5.57. The summed E-state index contributed by atoms with van der Waals surface area (Å²) in [4.78, 5) is 17.4. The van der Waals surface area contributed by atoms with Crippen molar-refractivity contribution in [1.29, 1.82) is 0 Å². The molecule has 1 saturated heterocycles. The van der Waals surface area contributed by atoms with Crippen LogP contribution >= 0.6 is 11.6 Å². The summed E-state index contributed by atoms with van der Waals surface area (Å²) in [7, 11) is 0. The van der Waals surface area contributed by atoms with E-state index in [1.807, 2.05) is 12.1 Å². The first kappa shape index (κ1) is 15.2. The number of amides is 1. The minimum Gasteiger partial charge on any atom is -0.468 e. The maximum atomic E-state index is 12.2.